The Hall–Kier alpha value is -3.06. The monoisotopic (exact) mass is 536 g/mol. The third-order valence-electron chi connectivity index (χ3n) is 8.70. The molecule has 1 saturated heterocycles. The van der Waals surface area contributed by atoms with Crippen molar-refractivity contribution in [2.45, 2.75) is 78.9 Å². The summed E-state index contributed by atoms with van der Waals surface area (Å²) in [6.07, 6.45) is 11.8. The van der Waals surface area contributed by atoms with E-state index >= 15 is 0 Å². The van der Waals surface area contributed by atoms with E-state index in [1.807, 2.05) is 13.8 Å². The third kappa shape index (κ3) is 5.65. The summed E-state index contributed by atoms with van der Waals surface area (Å²) >= 11 is 0. The maximum Gasteiger partial charge on any atom is 0.318 e. The molecule has 0 bridgehead atoms. The van der Waals surface area contributed by atoms with Gasteiger partial charge in [0.15, 0.2) is 17.2 Å². The fraction of sp³-hybridized carbons (Fsp3) is 0.562. The molecule has 0 spiro atoms. The van der Waals surface area contributed by atoms with Crippen molar-refractivity contribution >= 4 is 23.3 Å². The number of carbonyl (C=O) groups excluding carboxylic acids is 4. The minimum absolute atomic E-state index is 0.0560. The van der Waals surface area contributed by atoms with Crippen LogP contribution in [0.5, 0.6) is 0 Å². The molecule has 0 amide bonds. The molecular weight excluding hydrogens is 496 g/mol. The fourth-order valence-electron chi connectivity index (χ4n) is 6.50. The minimum Gasteiger partial charge on any atom is -0.468 e. The minimum atomic E-state index is -1.51. The van der Waals surface area contributed by atoms with Crippen molar-refractivity contribution in [3.05, 3.63) is 59.1 Å². The molecule has 8 atom stereocenters. The first-order chi connectivity index (χ1) is 18.3. The summed E-state index contributed by atoms with van der Waals surface area (Å²) in [5.74, 6) is -2.99. The van der Waals surface area contributed by atoms with E-state index in [1.54, 1.807) is 12.2 Å². The van der Waals surface area contributed by atoms with Crippen molar-refractivity contribution in [1.29, 1.82) is 0 Å². The van der Waals surface area contributed by atoms with Gasteiger partial charge in [-0.3, -0.25) is 19.2 Å². The Kier molecular flexibility index (Phi) is 8.31. The zero-order valence-corrected chi connectivity index (χ0v) is 23.7. The Morgan fingerprint density at radius 1 is 1.21 bits per heavy atom. The van der Waals surface area contributed by atoms with Crippen LogP contribution in [0.25, 0.3) is 0 Å². The SMILES string of the molecule is CCC(C)CC(C)C=C(C)C=CC(=O)C1C(=O)OC2(C)C(=O)C=C3C=C(C4C(=O)CC(O)CC4C)OC=C3C12. The molecule has 2 fully saturated rings. The predicted octanol–water partition coefficient (Wildman–Crippen LogP) is 4.96. The zero-order chi connectivity index (χ0) is 28.6. The van der Waals surface area contributed by atoms with Gasteiger partial charge in [-0.25, -0.2) is 0 Å². The number of aliphatic hydroxyl groups excluding tert-OH is 1. The molecule has 1 N–H and O–H groups in total. The highest BCUT2D eigenvalue weighted by Gasteiger charge is 2.62. The number of esters is 1. The first kappa shape index (κ1) is 28.9. The zero-order valence-electron chi connectivity index (χ0n) is 23.7. The molecule has 0 aromatic carbocycles. The van der Waals surface area contributed by atoms with Gasteiger partial charge in [0.05, 0.1) is 24.2 Å². The van der Waals surface area contributed by atoms with Crippen molar-refractivity contribution in [1.82, 2.24) is 0 Å². The summed E-state index contributed by atoms with van der Waals surface area (Å²) in [5.41, 5.74) is 0.467. The highest BCUT2D eigenvalue weighted by Crippen LogP contribution is 2.50. The Morgan fingerprint density at radius 2 is 1.92 bits per heavy atom. The van der Waals surface area contributed by atoms with Crippen molar-refractivity contribution < 1.29 is 33.8 Å². The lowest BCUT2D eigenvalue weighted by molar-refractivity contribution is -0.156. The second-order valence-corrected chi connectivity index (χ2v) is 12.1. The van der Waals surface area contributed by atoms with Crippen molar-refractivity contribution in [3.8, 4) is 0 Å². The molecule has 210 valence electrons. The van der Waals surface area contributed by atoms with E-state index in [-0.39, 0.29) is 18.1 Å². The number of hydrogen-bond donors (Lipinski definition) is 1. The lowest BCUT2D eigenvalue weighted by Gasteiger charge is -2.37. The smallest absolute Gasteiger partial charge is 0.318 e. The van der Waals surface area contributed by atoms with E-state index in [9.17, 15) is 24.3 Å². The molecule has 8 unspecified atom stereocenters. The molecule has 2 aliphatic carbocycles. The van der Waals surface area contributed by atoms with Crippen LogP contribution in [0.3, 0.4) is 0 Å². The average Bonchev–Trinajstić information content (AvgIpc) is 3.13. The topological polar surface area (TPSA) is 107 Å². The Morgan fingerprint density at radius 3 is 2.59 bits per heavy atom. The highest BCUT2D eigenvalue weighted by molar-refractivity contribution is 6.12. The highest BCUT2D eigenvalue weighted by atomic mass is 16.6. The second-order valence-electron chi connectivity index (χ2n) is 12.1. The lowest BCUT2D eigenvalue weighted by atomic mass is 9.67. The van der Waals surface area contributed by atoms with E-state index in [1.165, 1.54) is 25.3 Å². The molecule has 2 heterocycles. The molecule has 0 aromatic rings. The molecule has 0 radical (unpaired) electrons. The van der Waals surface area contributed by atoms with Crippen LogP contribution in [-0.2, 0) is 28.7 Å². The van der Waals surface area contributed by atoms with Crippen molar-refractivity contribution in [3.63, 3.8) is 0 Å². The maximum absolute atomic E-state index is 13.4. The lowest BCUT2D eigenvalue weighted by Crippen LogP contribution is -2.46. The molecule has 4 aliphatic rings. The standard InChI is InChI=1S/C32H40O7/c1-7-17(2)10-19(4)11-18(3)8-9-24(34)29-30-23-16-38-26(28-20(5)12-22(33)15-25(28)35)13-21(23)14-27(36)32(30,6)39-31(29)37/h8-9,11,13-14,16-17,19-20,22,28-30,33H,7,10,12,15H2,1-6H3. The van der Waals surface area contributed by atoms with Gasteiger partial charge in [-0.05, 0) is 68.2 Å². The molecule has 7 nitrogen and oxygen atoms in total. The quantitative estimate of drug-likeness (QED) is 0.202. The number of aliphatic hydroxyl groups is 1. The van der Waals surface area contributed by atoms with E-state index in [0.717, 1.165) is 18.4 Å². The van der Waals surface area contributed by atoms with Gasteiger partial charge in [-0.15, -0.1) is 0 Å². The summed E-state index contributed by atoms with van der Waals surface area (Å²) in [6.45, 7) is 11.9. The van der Waals surface area contributed by atoms with Crippen LogP contribution >= 0.6 is 0 Å². The third-order valence-corrected chi connectivity index (χ3v) is 8.70. The van der Waals surface area contributed by atoms with Gasteiger partial charge in [0.1, 0.15) is 17.5 Å². The van der Waals surface area contributed by atoms with Crippen LogP contribution in [0.15, 0.2) is 59.1 Å². The summed E-state index contributed by atoms with van der Waals surface area (Å²) in [7, 11) is 0. The summed E-state index contributed by atoms with van der Waals surface area (Å²) < 4.78 is 11.5. The normalized spacial score (nSPS) is 34.3. The van der Waals surface area contributed by atoms with Gasteiger partial charge >= 0.3 is 5.97 Å². The van der Waals surface area contributed by atoms with E-state index < -0.39 is 47.0 Å². The van der Waals surface area contributed by atoms with E-state index in [0.29, 0.717) is 35.2 Å². The second kappa shape index (κ2) is 11.2. The van der Waals surface area contributed by atoms with Crippen molar-refractivity contribution in [2.24, 2.45) is 35.5 Å². The van der Waals surface area contributed by atoms with Crippen LogP contribution in [0.1, 0.15) is 67.2 Å². The molecule has 2 aliphatic heterocycles. The molecule has 39 heavy (non-hydrogen) atoms. The number of ketones is 3. The summed E-state index contributed by atoms with van der Waals surface area (Å²) in [4.78, 5) is 52.3. The number of Topliss-reactive ketones (excluding diaryl/α,β-unsaturated/α-hetero) is 1. The van der Waals surface area contributed by atoms with Crippen LogP contribution < -0.4 is 0 Å². The van der Waals surface area contributed by atoms with E-state index in [2.05, 4.69) is 26.8 Å². The Labute approximate surface area is 230 Å². The van der Waals surface area contributed by atoms with Gasteiger partial charge in [-0.2, -0.15) is 0 Å². The number of ether oxygens (including phenoxy) is 2. The molecular formula is C32H40O7. The average molecular weight is 537 g/mol. The largest absolute Gasteiger partial charge is 0.468 e. The summed E-state index contributed by atoms with van der Waals surface area (Å²) in [6, 6.07) is 0. The Bertz CT molecular complexity index is 1210. The predicted molar refractivity (Wildman–Crippen MR) is 146 cm³/mol. The van der Waals surface area contributed by atoms with E-state index in [4.69, 9.17) is 9.47 Å². The molecule has 4 rings (SSSR count). The fourth-order valence-corrected chi connectivity index (χ4v) is 6.50. The molecule has 0 aromatic heterocycles. The number of allylic oxidation sites excluding steroid dienone is 7. The van der Waals surface area contributed by atoms with Gasteiger partial charge in [0.2, 0.25) is 0 Å². The first-order valence-corrected chi connectivity index (χ1v) is 14.0. The van der Waals surface area contributed by atoms with Crippen molar-refractivity contribution in [2.75, 3.05) is 0 Å². The Balaban J connectivity index is 1.58. The van der Waals surface area contributed by atoms with Crippen LogP contribution in [0.4, 0.5) is 0 Å². The van der Waals surface area contributed by atoms with Crippen LogP contribution in [0.2, 0.25) is 0 Å². The van der Waals surface area contributed by atoms with Gasteiger partial charge in [0, 0.05) is 12.0 Å². The maximum atomic E-state index is 13.4. The molecule has 1 saturated carbocycles. The van der Waals surface area contributed by atoms with Crippen LogP contribution in [0, 0.1) is 35.5 Å². The number of fused-ring (bicyclic) bond motifs is 3. The summed E-state index contributed by atoms with van der Waals surface area (Å²) in [5, 5.41) is 9.96. The van der Waals surface area contributed by atoms with Gasteiger partial charge in [-0.1, -0.05) is 51.8 Å². The van der Waals surface area contributed by atoms with Gasteiger partial charge < -0.3 is 14.6 Å². The molecule has 7 heteroatoms. The first-order valence-electron chi connectivity index (χ1n) is 14.0. The number of rotatable bonds is 8. The number of hydrogen-bond acceptors (Lipinski definition) is 7. The van der Waals surface area contributed by atoms with Crippen LogP contribution in [-0.4, -0.2) is 40.1 Å². The number of carbonyl (C=O) groups is 4. The van der Waals surface area contributed by atoms with Gasteiger partial charge in [0.25, 0.3) is 0 Å².